The van der Waals surface area contributed by atoms with Gasteiger partial charge in [0.15, 0.2) is 9.84 Å². The molecule has 19 heavy (non-hydrogen) atoms. The van der Waals surface area contributed by atoms with Gasteiger partial charge >= 0.3 is 0 Å². The molecule has 0 aliphatic carbocycles. The van der Waals surface area contributed by atoms with Crippen molar-refractivity contribution in [1.29, 1.82) is 0 Å². The Bertz CT molecular complexity index is 422. The fourth-order valence-electron chi connectivity index (χ4n) is 2.39. The lowest BCUT2D eigenvalue weighted by molar-refractivity contribution is -0.147. The summed E-state index contributed by atoms with van der Waals surface area (Å²) in [4.78, 5) is 13.9. The molecule has 0 aromatic carbocycles. The van der Waals surface area contributed by atoms with Crippen molar-refractivity contribution in [3.8, 4) is 0 Å². The Hall–Kier alpha value is -0.370. The summed E-state index contributed by atoms with van der Waals surface area (Å²) in [6, 6.07) is -0.290. The van der Waals surface area contributed by atoms with E-state index in [4.69, 9.17) is 4.74 Å². The van der Waals surface area contributed by atoms with Gasteiger partial charge in [-0.3, -0.25) is 4.79 Å². The Morgan fingerprint density at radius 1 is 1.37 bits per heavy atom. The average Bonchev–Trinajstić information content (AvgIpc) is 2.37. The van der Waals surface area contributed by atoms with Crippen molar-refractivity contribution in [2.45, 2.75) is 31.2 Å². The second-order valence-corrected chi connectivity index (χ2v) is 7.39. The maximum Gasteiger partial charge on any atom is 0.253 e. The standard InChI is InChI=1S/C11H20N2O4S.ClH/c1-8-9(2)18(15,16)6-4-13(8)11(14)10-7-12-3-5-17-10;/h8-10,12H,3-7H2,1-2H3;1H. The van der Waals surface area contributed by atoms with E-state index in [0.717, 1.165) is 6.54 Å². The Labute approximate surface area is 120 Å². The van der Waals surface area contributed by atoms with Gasteiger partial charge in [-0.25, -0.2) is 8.42 Å². The summed E-state index contributed by atoms with van der Waals surface area (Å²) in [5, 5.41) is 2.60. The second-order valence-electron chi connectivity index (χ2n) is 4.91. The lowest BCUT2D eigenvalue weighted by Crippen LogP contribution is -2.59. The molecule has 2 aliphatic rings. The quantitative estimate of drug-likeness (QED) is 0.702. The largest absolute Gasteiger partial charge is 0.366 e. The van der Waals surface area contributed by atoms with Crippen LogP contribution in [-0.2, 0) is 19.4 Å². The zero-order valence-corrected chi connectivity index (χ0v) is 12.8. The molecule has 0 bridgehead atoms. The maximum atomic E-state index is 12.3. The summed E-state index contributed by atoms with van der Waals surface area (Å²) in [6.07, 6.45) is -0.478. The fourth-order valence-corrected chi connectivity index (χ4v) is 3.96. The molecule has 0 aromatic rings. The van der Waals surface area contributed by atoms with Crippen LogP contribution in [0.2, 0.25) is 0 Å². The van der Waals surface area contributed by atoms with E-state index in [1.165, 1.54) is 0 Å². The first-order valence-electron chi connectivity index (χ1n) is 6.28. The molecule has 1 N–H and O–H groups in total. The van der Waals surface area contributed by atoms with Crippen LogP contribution in [0.5, 0.6) is 0 Å². The molecular formula is C11H21ClN2O4S. The van der Waals surface area contributed by atoms with Crippen molar-refractivity contribution < 1.29 is 17.9 Å². The molecule has 0 radical (unpaired) electrons. The van der Waals surface area contributed by atoms with E-state index in [0.29, 0.717) is 13.2 Å². The van der Waals surface area contributed by atoms with E-state index in [1.54, 1.807) is 18.7 Å². The van der Waals surface area contributed by atoms with Crippen LogP contribution < -0.4 is 5.32 Å². The molecule has 2 aliphatic heterocycles. The van der Waals surface area contributed by atoms with Gasteiger partial charge in [-0.2, -0.15) is 0 Å². The fraction of sp³-hybridized carbons (Fsp3) is 0.909. The van der Waals surface area contributed by atoms with E-state index in [1.807, 2.05) is 0 Å². The number of carbonyl (C=O) groups is 1. The molecule has 2 rings (SSSR count). The van der Waals surface area contributed by atoms with Gasteiger partial charge < -0.3 is 15.0 Å². The lowest BCUT2D eigenvalue weighted by Gasteiger charge is -2.39. The zero-order valence-electron chi connectivity index (χ0n) is 11.2. The van der Waals surface area contributed by atoms with Crippen molar-refractivity contribution in [2.24, 2.45) is 0 Å². The molecule has 0 saturated carbocycles. The Kier molecular flexibility index (Phi) is 5.61. The van der Waals surface area contributed by atoms with Crippen LogP contribution in [0.4, 0.5) is 0 Å². The number of hydrogen-bond donors (Lipinski definition) is 1. The molecule has 0 aromatic heterocycles. The molecule has 0 spiro atoms. The molecule has 2 fully saturated rings. The van der Waals surface area contributed by atoms with E-state index < -0.39 is 21.2 Å². The number of nitrogens with zero attached hydrogens (tertiary/aromatic N) is 1. The molecule has 2 heterocycles. The van der Waals surface area contributed by atoms with E-state index >= 15 is 0 Å². The van der Waals surface area contributed by atoms with Gasteiger partial charge in [0.1, 0.15) is 6.10 Å². The van der Waals surface area contributed by atoms with Gasteiger partial charge in [0, 0.05) is 25.7 Å². The lowest BCUT2D eigenvalue weighted by atomic mass is 10.1. The number of halogens is 1. The highest BCUT2D eigenvalue weighted by Gasteiger charge is 2.40. The minimum absolute atomic E-state index is 0. The van der Waals surface area contributed by atoms with E-state index in [2.05, 4.69) is 5.32 Å². The monoisotopic (exact) mass is 312 g/mol. The summed E-state index contributed by atoms with van der Waals surface area (Å²) >= 11 is 0. The minimum Gasteiger partial charge on any atom is -0.366 e. The van der Waals surface area contributed by atoms with Crippen molar-refractivity contribution in [3.63, 3.8) is 0 Å². The predicted molar refractivity (Wildman–Crippen MR) is 74.3 cm³/mol. The summed E-state index contributed by atoms with van der Waals surface area (Å²) in [6.45, 7) is 5.50. The number of nitrogens with one attached hydrogen (secondary N) is 1. The number of morpholine rings is 1. The van der Waals surface area contributed by atoms with Crippen LogP contribution in [0.1, 0.15) is 13.8 Å². The van der Waals surface area contributed by atoms with Gasteiger partial charge in [-0.15, -0.1) is 12.4 Å². The highest BCUT2D eigenvalue weighted by atomic mass is 35.5. The van der Waals surface area contributed by atoms with Crippen molar-refractivity contribution in [1.82, 2.24) is 10.2 Å². The Morgan fingerprint density at radius 3 is 2.63 bits per heavy atom. The Morgan fingerprint density at radius 2 is 2.05 bits per heavy atom. The predicted octanol–water partition coefficient (Wildman–Crippen LogP) is -0.569. The highest BCUT2D eigenvalue weighted by molar-refractivity contribution is 7.92. The van der Waals surface area contributed by atoms with Gasteiger partial charge in [-0.05, 0) is 13.8 Å². The number of rotatable bonds is 1. The first kappa shape index (κ1) is 16.7. The summed E-state index contributed by atoms with van der Waals surface area (Å²) in [5.41, 5.74) is 0. The normalized spacial score (nSPS) is 34.4. The Balaban J connectivity index is 0.00000180. The topological polar surface area (TPSA) is 75.7 Å². The van der Waals surface area contributed by atoms with Crippen LogP contribution >= 0.6 is 12.4 Å². The van der Waals surface area contributed by atoms with E-state index in [9.17, 15) is 13.2 Å². The smallest absolute Gasteiger partial charge is 0.253 e. The summed E-state index contributed by atoms with van der Waals surface area (Å²) in [7, 11) is -3.06. The number of sulfone groups is 1. The molecule has 3 unspecified atom stereocenters. The van der Waals surface area contributed by atoms with Crippen molar-refractivity contribution in [3.05, 3.63) is 0 Å². The molecular weight excluding hydrogens is 292 g/mol. The third-order valence-corrected chi connectivity index (χ3v) is 6.12. The molecule has 8 heteroatoms. The van der Waals surface area contributed by atoms with Gasteiger partial charge in [0.05, 0.1) is 17.6 Å². The van der Waals surface area contributed by atoms with E-state index in [-0.39, 0.29) is 36.7 Å². The molecule has 3 atom stereocenters. The second kappa shape index (κ2) is 6.39. The highest BCUT2D eigenvalue weighted by Crippen LogP contribution is 2.20. The average molecular weight is 313 g/mol. The van der Waals surface area contributed by atoms with Gasteiger partial charge in [0.2, 0.25) is 0 Å². The first-order valence-corrected chi connectivity index (χ1v) is 7.99. The number of ether oxygens (including phenoxy) is 1. The van der Waals surface area contributed by atoms with Crippen molar-refractivity contribution >= 4 is 28.2 Å². The summed E-state index contributed by atoms with van der Waals surface area (Å²) in [5.74, 6) is -0.0545. The van der Waals surface area contributed by atoms with Gasteiger partial charge in [-0.1, -0.05) is 0 Å². The maximum absolute atomic E-state index is 12.3. The van der Waals surface area contributed by atoms with Crippen LogP contribution in [0, 0.1) is 0 Å². The molecule has 112 valence electrons. The number of amides is 1. The number of carbonyl (C=O) groups excluding carboxylic acids is 1. The zero-order chi connectivity index (χ0) is 13.3. The minimum atomic E-state index is -3.06. The van der Waals surface area contributed by atoms with Crippen molar-refractivity contribution in [2.75, 3.05) is 32.0 Å². The number of hydrogen-bond acceptors (Lipinski definition) is 5. The summed E-state index contributed by atoms with van der Waals surface area (Å²) < 4.78 is 28.9. The molecule has 1 amide bonds. The third-order valence-electron chi connectivity index (χ3n) is 3.84. The third kappa shape index (κ3) is 3.39. The molecule has 2 saturated heterocycles. The van der Waals surface area contributed by atoms with Crippen LogP contribution in [0.3, 0.4) is 0 Å². The molecule has 6 nitrogen and oxygen atoms in total. The SMILES string of the molecule is CC1C(C)S(=O)(=O)CCN1C(=O)C1CNCCO1.Cl. The first-order chi connectivity index (χ1) is 8.43. The van der Waals surface area contributed by atoms with Crippen LogP contribution in [0.15, 0.2) is 0 Å². The van der Waals surface area contributed by atoms with Crippen LogP contribution in [0.25, 0.3) is 0 Å². The van der Waals surface area contributed by atoms with Crippen LogP contribution in [-0.4, -0.2) is 68.6 Å². The van der Waals surface area contributed by atoms with Gasteiger partial charge in [0.25, 0.3) is 5.91 Å².